The summed E-state index contributed by atoms with van der Waals surface area (Å²) in [4.78, 5) is 23.4. The number of amides is 3. The number of furan rings is 1. The second-order valence-corrected chi connectivity index (χ2v) is 5.66. The number of halogens is 1. The number of fused-ring (bicyclic) bond motifs is 1. The zero-order chi connectivity index (χ0) is 17.3. The van der Waals surface area contributed by atoms with E-state index < -0.39 is 11.9 Å². The van der Waals surface area contributed by atoms with E-state index >= 15 is 0 Å². The molecule has 0 aliphatic carbocycles. The Kier molecular flexibility index (Phi) is 4.14. The molecule has 3 amide bonds. The molecule has 3 rings (SSSR count). The van der Waals surface area contributed by atoms with Crippen LogP contribution in [0.15, 0.2) is 46.9 Å². The van der Waals surface area contributed by atoms with Crippen molar-refractivity contribution >= 4 is 45.9 Å². The Morgan fingerprint density at radius 2 is 1.79 bits per heavy atom. The molecule has 0 spiro atoms. The lowest BCUT2D eigenvalue weighted by Crippen LogP contribution is -2.19. The van der Waals surface area contributed by atoms with E-state index in [4.69, 9.17) is 21.8 Å². The third kappa shape index (κ3) is 3.18. The van der Waals surface area contributed by atoms with Gasteiger partial charge in [-0.1, -0.05) is 17.7 Å². The van der Waals surface area contributed by atoms with Crippen LogP contribution in [0.25, 0.3) is 11.0 Å². The number of hydrogen-bond donors (Lipinski definition) is 3. The lowest BCUT2D eigenvalue weighted by Gasteiger charge is -2.07. The fourth-order valence-electron chi connectivity index (χ4n) is 2.41. The van der Waals surface area contributed by atoms with Gasteiger partial charge in [0.25, 0.3) is 5.91 Å². The largest absolute Gasteiger partial charge is 0.451 e. The van der Waals surface area contributed by atoms with E-state index in [9.17, 15) is 9.59 Å². The first-order valence-corrected chi connectivity index (χ1v) is 7.48. The number of urea groups is 1. The van der Waals surface area contributed by atoms with Crippen LogP contribution in [-0.2, 0) is 0 Å². The molecule has 0 fully saturated rings. The molecule has 24 heavy (non-hydrogen) atoms. The number of anilines is 2. The molecule has 0 aliphatic heterocycles. The summed E-state index contributed by atoms with van der Waals surface area (Å²) in [6, 6.07) is 11.1. The van der Waals surface area contributed by atoms with E-state index in [1.165, 1.54) is 0 Å². The topological polar surface area (TPSA) is 97.4 Å². The molecule has 0 atom stereocenters. The third-order valence-electron chi connectivity index (χ3n) is 3.49. The molecule has 0 saturated carbocycles. The maximum absolute atomic E-state index is 12.5. The van der Waals surface area contributed by atoms with Crippen molar-refractivity contribution in [2.75, 3.05) is 10.6 Å². The predicted octanol–water partition coefficient (Wildman–Crippen LogP) is 4.14. The summed E-state index contributed by atoms with van der Waals surface area (Å²) in [5.74, 6) is -0.184. The van der Waals surface area contributed by atoms with Crippen molar-refractivity contribution in [3.05, 3.63) is 58.8 Å². The minimum atomic E-state index is -0.677. The zero-order valence-electron chi connectivity index (χ0n) is 12.7. The molecule has 0 unspecified atom stereocenters. The first kappa shape index (κ1) is 15.9. The van der Waals surface area contributed by atoms with Crippen molar-refractivity contribution in [1.82, 2.24) is 0 Å². The van der Waals surface area contributed by atoms with Gasteiger partial charge in [-0.15, -0.1) is 0 Å². The lowest BCUT2D eigenvalue weighted by atomic mass is 10.1. The molecular formula is C17H14ClN3O3. The quantitative estimate of drug-likeness (QED) is 0.666. The molecule has 7 heteroatoms. The van der Waals surface area contributed by atoms with Crippen LogP contribution in [0.1, 0.15) is 16.1 Å². The molecule has 3 aromatic rings. The van der Waals surface area contributed by atoms with E-state index in [0.29, 0.717) is 27.5 Å². The van der Waals surface area contributed by atoms with Crippen molar-refractivity contribution in [1.29, 1.82) is 0 Å². The number of carbonyl (C=O) groups excluding carboxylic acids is 2. The molecule has 0 radical (unpaired) electrons. The number of nitrogens with two attached hydrogens (primary N) is 1. The summed E-state index contributed by atoms with van der Waals surface area (Å²) in [5.41, 5.74) is 7.36. The van der Waals surface area contributed by atoms with Gasteiger partial charge in [-0.25, -0.2) is 4.79 Å². The van der Waals surface area contributed by atoms with Crippen LogP contribution in [0, 0.1) is 6.92 Å². The highest BCUT2D eigenvalue weighted by molar-refractivity contribution is 6.31. The van der Waals surface area contributed by atoms with Crippen LogP contribution in [-0.4, -0.2) is 11.9 Å². The van der Waals surface area contributed by atoms with Gasteiger partial charge in [-0.05, 0) is 43.3 Å². The second kappa shape index (κ2) is 6.25. The number of rotatable bonds is 3. The molecule has 122 valence electrons. The molecule has 6 nitrogen and oxygen atoms in total. The smallest absolute Gasteiger partial charge is 0.316 e. The fourth-order valence-corrected chi connectivity index (χ4v) is 2.59. The van der Waals surface area contributed by atoms with Crippen LogP contribution in [0.3, 0.4) is 0 Å². The van der Waals surface area contributed by atoms with Gasteiger partial charge in [-0.3, -0.25) is 4.79 Å². The Balaban J connectivity index is 1.87. The minimum absolute atomic E-state index is 0.209. The van der Waals surface area contributed by atoms with Crippen molar-refractivity contribution in [3.63, 3.8) is 0 Å². The number of carbonyl (C=O) groups is 2. The molecule has 1 aromatic heterocycles. The number of aryl methyl sites for hydroxylation is 1. The van der Waals surface area contributed by atoms with Gasteiger partial charge >= 0.3 is 6.03 Å². The molecule has 4 N–H and O–H groups in total. The fraction of sp³-hybridized carbons (Fsp3) is 0.0588. The van der Waals surface area contributed by atoms with Crippen molar-refractivity contribution in [2.45, 2.75) is 6.92 Å². The highest BCUT2D eigenvalue weighted by Crippen LogP contribution is 2.28. The van der Waals surface area contributed by atoms with E-state index in [0.717, 1.165) is 5.39 Å². The average molecular weight is 344 g/mol. The highest BCUT2D eigenvalue weighted by atomic mass is 35.5. The molecule has 1 heterocycles. The summed E-state index contributed by atoms with van der Waals surface area (Å²) in [5, 5.41) is 6.54. The summed E-state index contributed by atoms with van der Waals surface area (Å²) in [6.45, 7) is 1.79. The van der Waals surface area contributed by atoms with Crippen LogP contribution in [0.4, 0.5) is 16.2 Å². The molecule has 0 aliphatic rings. The lowest BCUT2D eigenvalue weighted by molar-refractivity contribution is 0.0998. The predicted molar refractivity (Wildman–Crippen MR) is 93.6 cm³/mol. The van der Waals surface area contributed by atoms with Gasteiger partial charge < -0.3 is 20.8 Å². The number of hydrogen-bond acceptors (Lipinski definition) is 3. The minimum Gasteiger partial charge on any atom is -0.451 e. The molecule has 0 saturated heterocycles. The van der Waals surface area contributed by atoms with Crippen molar-refractivity contribution in [2.24, 2.45) is 5.73 Å². The van der Waals surface area contributed by atoms with E-state index in [1.54, 1.807) is 49.4 Å². The van der Waals surface area contributed by atoms with Gasteiger partial charge in [0, 0.05) is 27.3 Å². The maximum atomic E-state index is 12.5. The monoisotopic (exact) mass is 343 g/mol. The van der Waals surface area contributed by atoms with E-state index in [2.05, 4.69) is 10.6 Å². The number of benzene rings is 2. The Bertz CT molecular complexity index is 949. The van der Waals surface area contributed by atoms with Gasteiger partial charge in [0.15, 0.2) is 5.76 Å². The van der Waals surface area contributed by atoms with Crippen LogP contribution in [0.5, 0.6) is 0 Å². The number of primary amides is 1. The molecule has 0 bridgehead atoms. The van der Waals surface area contributed by atoms with Gasteiger partial charge in [-0.2, -0.15) is 0 Å². The van der Waals surface area contributed by atoms with Crippen molar-refractivity contribution < 1.29 is 14.0 Å². The summed E-state index contributed by atoms with van der Waals surface area (Å²) in [6.07, 6.45) is 0. The first-order chi connectivity index (χ1) is 11.4. The number of nitrogens with one attached hydrogen (secondary N) is 2. The van der Waals surface area contributed by atoms with Crippen LogP contribution in [0.2, 0.25) is 5.02 Å². The average Bonchev–Trinajstić information content (AvgIpc) is 2.84. The summed E-state index contributed by atoms with van der Waals surface area (Å²) < 4.78 is 5.62. The Labute approximate surface area is 142 Å². The van der Waals surface area contributed by atoms with Gasteiger partial charge in [0.1, 0.15) is 5.58 Å². The van der Waals surface area contributed by atoms with E-state index in [-0.39, 0.29) is 5.76 Å². The standard InChI is InChI=1S/C17H14ClN3O3/c1-9-13-7-10(18)5-6-14(13)24-15(9)16(22)20-11-3-2-4-12(8-11)21-17(19)23/h2-8H,1H3,(H,20,22)(H3,19,21,23). The van der Waals surface area contributed by atoms with Crippen molar-refractivity contribution in [3.8, 4) is 0 Å². The Hall–Kier alpha value is -2.99. The second-order valence-electron chi connectivity index (χ2n) is 5.22. The summed E-state index contributed by atoms with van der Waals surface area (Å²) in [7, 11) is 0. The zero-order valence-corrected chi connectivity index (χ0v) is 13.5. The normalized spacial score (nSPS) is 10.6. The SMILES string of the molecule is Cc1c(C(=O)Nc2cccc(NC(N)=O)c2)oc2ccc(Cl)cc12. The molecular weight excluding hydrogens is 330 g/mol. The Morgan fingerprint density at radius 1 is 1.08 bits per heavy atom. The van der Waals surface area contributed by atoms with Gasteiger partial charge in [0.05, 0.1) is 0 Å². The van der Waals surface area contributed by atoms with Crippen LogP contribution >= 0.6 is 11.6 Å². The Morgan fingerprint density at radius 3 is 2.50 bits per heavy atom. The van der Waals surface area contributed by atoms with Gasteiger partial charge in [0.2, 0.25) is 0 Å². The van der Waals surface area contributed by atoms with Crippen LogP contribution < -0.4 is 16.4 Å². The first-order valence-electron chi connectivity index (χ1n) is 7.10. The third-order valence-corrected chi connectivity index (χ3v) is 3.73. The van der Waals surface area contributed by atoms with E-state index in [1.807, 2.05) is 0 Å². The maximum Gasteiger partial charge on any atom is 0.316 e. The summed E-state index contributed by atoms with van der Waals surface area (Å²) >= 11 is 5.98. The highest BCUT2D eigenvalue weighted by Gasteiger charge is 2.18. The molecule has 2 aromatic carbocycles.